The third kappa shape index (κ3) is 6.59. The first-order valence-electron chi connectivity index (χ1n) is 3.04. The molecule has 0 bridgehead atoms. The van der Waals surface area contributed by atoms with Gasteiger partial charge in [-0.1, -0.05) is 0 Å². The van der Waals surface area contributed by atoms with E-state index in [1.807, 2.05) is 0 Å². The number of hydrogen-bond acceptors (Lipinski definition) is 4. The summed E-state index contributed by atoms with van der Waals surface area (Å²) in [6.07, 6.45) is -1.24. The maximum absolute atomic E-state index is 10.5. The van der Waals surface area contributed by atoms with Crippen LogP contribution in [0.5, 0.6) is 0 Å². The van der Waals surface area contributed by atoms with Crippen molar-refractivity contribution in [2.45, 2.75) is 6.92 Å². The summed E-state index contributed by atoms with van der Waals surface area (Å²) in [6.45, 7) is 1.79. The third-order valence-corrected chi connectivity index (χ3v) is 0.733. The molecule has 0 aromatic rings. The molecular weight excluding hydrogens is 152 g/mol. The van der Waals surface area contributed by atoms with Crippen LogP contribution in [0.2, 0.25) is 0 Å². The zero-order valence-corrected chi connectivity index (χ0v) is 6.09. The van der Waals surface area contributed by atoms with E-state index in [1.165, 1.54) is 0 Å². The van der Waals surface area contributed by atoms with Crippen LogP contribution in [0, 0.1) is 0 Å². The molecular formula is C5H10N2O4. The van der Waals surface area contributed by atoms with Crippen molar-refractivity contribution >= 4 is 12.1 Å². The topological polar surface area (TPSA) is 87.7 Å². The molecule has 11 heavy (non-hydrogen) atoms. The molecule has 0 aliphatic carbocycles. The van der Waals surface area contributed by atoms with Crippen LogP contribution in [0.25, 0.3) is 0 Å². The Morgan fingerprint density at radius 1 is 1.55 bits per heavy atom. The number of carboxylic acid groups (broad SMARTS) is 1. The minimum Gasteiger partial charge on any atom is -0.465 e. The minimum absolute atomic E-state index is 0.167. The highest BCUT2D eigenvalue weighted by Gasteiger charge is 2.00. The van der Waals surface area contributed by atoms with Gasteiger partial charge in [0.25, 0.3) is 0 Å². The fraction of sp³-hybridized carbons (Fsp3) is 0.600. The summed E-state index contributed by atoms with van der Waals surface area (Å²) in [5.41, 5.74) is 3.95. The number of hydrazine groups is 1. The lowest BCUT2D eigenvalue weighted by atomic mass is 10.7. The predicted octanol–water partition coefficient (Wildman–Crippen LogP) is -0.678. The van der Waals surface area contributed by atoms with Crippen molar-refractivity contribution in [3.05, 3.63) is 0 Å². The zero-order valence-electron chi connectivity index (χ0n) is 6.09. The van der Waals surface area contributed by atoms with Crippen LogP contribution in [0.15, 0.2) is 0 Å². The number of carbonyl (C=O) groups excluding carboxylic acids is 1. The van der Waals surface area contributed by atoms with Gasteiger partial charge in [0.15, 0.2) is 0 Å². The minimum atomic E-state index is -1.24. The van der Waals surface area contributed by atoms with Gasteiger partial charge in [0.2, 0.25) is 0 Å². The van der Waals surface area contributed by atoms with Crippen molar-refractivity contribution in [3.8, 4) is 0 Å². The fourth-order valence-corrected chi connectivity index (χ4v) is 0.404. The molecule has 1 amide bonds. The highest BCUT2D eigenvalue weighted by molar-refractivity contribution is 5.72. The molecule has 0 aliphatic rings. The number of ether oxygens (including phenoxy) is 1. The van der Waals surface area contributed by atoms with E-state index in [2.05, 4.69) is 10.2 Å². The fourth-order valence-electron chi connectivity index (χ4n) is 0.404. The van der Waals surface area contributed by atoms with Gasteiger partial charge in [-0.25, -0.2) is 10.2 Å². The van der Waals surface area contributed by atoms with Gasteiger partial charge in [-0.3, -0.25) is 10.2 Å². The van der Waals surface area contributed by atoms with E-state index in [-0.39, 0.29) is 13.2 Å². The Bertz CT molecular complexity index is 147. The van der Waals surface area contributed by atoms with Crippen LogP contribution in [-0.2, 0) is 9.53 Å². The van der Waals surface area contributed by atoms with E-state index in [4.69, 9.17) is 5.11 Å². The van der Waals surface area contributed by atoms with Crippen LogP contribution in [0.1, 0.15) is 6.92 Å². The molecule has 0 aromatic heterocycles. The van der Waals surface area contributed by atoms with Gasteiger partial charge >= 0.3 is 12.1 Å². The standard InChI is InChI=1S/C5H10N2O4/c1-2-11-4(8)3-6-7-5(9)10/h6-7H,2-3H2,1H3,(H,9,10). The second-order valence-electron chi connectivity index (χ2n) is 1.59. The lowest BCUT2D eigenvalue weighted by molar-refractivity contribution is -0.142. The zero-order chi connectivity index (χ0) is 8.69. The predicted molar refractivity (Wildman–Crippen MR) is 35.8 cm³/mol. The van der Waals surface area contributed by atoms with Crippen molar-refractivity contribution in [2.75, 3.05) is 13.2 Å². The van der Waals surface area contributed by atoms with Crippen LogP contribution in [-0.4, -0.2) is 30.3 Å². The van der Waals surface area contributed by atoms with Crippen molar-refractivity contribution < 1.29 is 19.4 Å². The smallest absolute Gasteiger partial charge is 0.419 e. The average molecular weight is 162 g/mol. The lowest BCUT2D eigenvalue weighted by Crippen LogP contribution is -2.40. The summed E-state index contributed by atoms with van der Waals surface area (Å²) in [5.74, 6) is -0.499. The molecule has 64 valence electrons. The molecule has 0 radical (unpaired) electrons. The average Bonchev–Trinajstić information content (AvgIpc) is 1.87. The Labute approximate surface area is 63.5 Å². The molecule has 6 nitrogen and oxygen atoms in total. The maximum atomic E-state index is 10.5. The van der Waals surface area contributed by atoms with Gasteiger partial charge in [-0.2, -0.15) is 0 Å². The van der Waals surface area contributed by atoms with Crippen molar-refractivity contribution in [3.63, 3.8) is 0 Å². The van der Waals surface area contributed by atoms with Crippen molar-refractivity contribution in [1.82, 2.24) is 10.9 Å². The van der Waals surface area contributed by atoms with E-state index in [0.717, 1.165) is 0 Å². The largest absolute Gasteiger partial charge is 0.465 e. The van der Waals surface area contributed by atoms with Gasteiger partial charge in [-0.15, -0.1) is 0 Å². The molecule has 0 rings (SSSR count). The number of rotatable bonds is 4. The number of carbonyl (C=O) groups is 2. The number of nitrogens with one attached hydrogen (secondary N) is 2. The van der Waals surface area contributed by atoms with Crippen LogP contribution < -0.4 is 10.9 Å². The summed E-state index contributed by atoms with van der Waals surface area (Å²) < 4.78 is 4.49. The van der Waals surface area contributed by atoms with E-state index in [1.54, 1.807) is 12.3 Å². The number of esters is 1. The van der Waals surface area contributed by atoms with Crippen LogP contribution in [0.3, 0.4) is 0 Å². The van der Waals surface area contributed by atoms with Crippen molar-refractivity contribution in [1.29, 1.82) is 0 Å². The molecule has 0 aliphatic heterocycles. The second kappa shape index (κ2) is 5.48. The van der Waals surface area contributed by atoms with Gasteiger partial charge < -0.3 is 9.84 Å². The first-order chi connectivity index (χ1) is 5.16. The third-order valence-electron chi connectivity index (χ3n) is 0.733. The number of amides is 1. The summed E-state index contributed by atoms with van der Waals surface area (Å²) in [6, 6.07) is 0. The molecule has 0 saturated heterocycles. The first-order valence-corrected chi connectivity index (χ1v) is 3.04. The Hall–Kier alpha value is -1.30. The van der Waals surface area contributed by atoms with E-state index in [0.29, 0.717) is 0 Å². The highest BCUT2D eigenvalue weighted by atomic mass is 16.5. The molecule has 0 saturated carbocycles. The van der Waals surface area contributed by atoms with Gasteiger partial charge in [0, 0.05) is 0 Å². The SMILES string of the molecule is CCOC(=O)CNNC(=O)O. The molecule has 0 unspecified atom stereocenters. The normalized spacial score (nSPS) is 8.82. The van der Waals surface area contributed by atoms with Gasteiger partial charge in [0.05, 0.1) is 6.61 Å². The summed E-state index contributed by atoms with van der Waals surface area (Å²) in [5, 5.41) is 8.03. The maximum Gasteiger partial charge on any atom is 0.419 e. The molecule has 0 heterocycles. The molecule has 6 heteroatoms. The summed E-state index contributed by atoms with van der Waals surface area (Å²) in [4.78, 5) is 20.3. The number of hydrogen-bond donors (Lipinski definition) is 3. The molecule has 3 N–H and O–H groups in total. The van der Waals surface area contributed by atoms with Crippen LogP contribution in [0.4, 0.5) is 4.79 Å². The van der Waals surface area contributed by atoms with Gasteiger partial charge in [-0.05, 0) is 6.92 Å². The monoisotopic (exact) mass is 162 g/mol. The van der Waals surface area contributed by atoms with Crippen molar-refractivity contribution in [2.24, 2.45) is 0 Å². The van der Waals surface area contributed by atoms with E-state index >= 15 is 0 Å². The lowest BCUT2D eigenvalue weighted by Gasteiger charge is -2.02. The van der Waals surface area contributed by atoms with E-state index < -0.39 is 12.1 Å². The highest BCUT2D eigenvalue weighted by Crippen LogP contribution is 1.72. The Morgan fingerprint density at radius 3 is 2.64 bits per heavy atom. The Kier molecular flexibility index (Phi) is 4.83. The van der Waals surface area contributed by atoms with E-state index in [9.17, 15) is 9.59 Å². The Balaban J connectivity index is 3.24. The summed E-state index contributed by atoms with van der Waals surface area (Å²) in [7, 11) is 0. The quantitative estimate of drug-likeness (QED) is 0.376. The van der Waals surface area contributed by atoms with Gasteiger partial charge in [0.1, 0.15) is 6.54 Å². The summed E-state index contributed by atoms with van der Waals surface area (Å²) >= 11 is 0. The Morgan fingerprint density at radius 2 is 2.18 bits per heavy atom. The first kappa shape index (κ1) is 9.70. The van der Waals surface area contributed by atoms with Crippen LogP contribution >= 0.6 is 0 Å². The molecule has 0 atom stereocenters. The second-order valence-corrected chi connectivity index (χ2v) is 1.59. The molecule has 0 spiro atoms. The molecule has 0 aromatic carbocycles. The molecule has 0 fully saturated rings.